The van der Waals surface area contributed by atoms with Gasteiger partial charge in [0.1, 0.15) is 23.9 Å². The van der Waals surface area contributed by atoms with Crippen molar-refractivity contribution >= 4 is 16.1 Å². The number of halogens is 4. The maximum Gasteiger partial charge on any atom is 0.573 e. The average Bonchev–Trinajstić information content (AvgIpc) is 2.90. The third-order valence-electron chi connectivity index (χ3n) is 6.08. The van der Waals surface area contributed by atoms with E-state index in [0.29, 0.717) is 37.8 Å². The summed E-state index contributed by atoms with van der Waals surface area (Å²) in [6.45, 7) is 2.45. The van der Waals surface area contributed by atoms with Crippen molar-refractivity contribution < 1.29 is 49.7 Å². The Morgan fingerprint density at radius 2 is 1.66 bits per heavy atom. The van der Waals surface area contributed by atoms with Gasteiger partial charge in [0, 0.05) is 19.3 Å². The monoisotopic (exact) mass is 599 g/mol. The first-order valence-corrected chi connectivity index (χ1v) is 14.1. The number of piperidine rings is 1. The molecule has 2 heterocycles. The van der Waals surface area contributed by atoms with Crippen molar-refractivity contribution in [2.45, 2.75) is 43.4 Å². The van der Waals surface area contributed by atoms with E-state index < -0.39 is 34.0 Å². The van der Waals surface area contributed by atoms with Gasteiger partial charge in [0.25, 0.3) is 0 Å². The van der Waals surface area contributed by atoms with Crippen LogP contribution in [0, 0.1) is 12.7 Å². The average molecular weight is 600 g/mol. The van der Waals surface area contributed by atoms with Crippen molar-refractivity contribution in [2.75, 3.05) is 19.3 Å². The second-order valence-electron chi connectivity index (χ2n) is 9.09. The predicted octanol–water partition coefficient (Wildman–Crippen LogP) is 4.47. The fraction of sp³-hybridized carbons (Fsp3) is 0.346. The van der Waals surface area contributed by atoms with Crippen LogP contribution in [-0.2, 0) is 14.6 Å². The van der Waals surface area contributed by atoms with Gasteiger partial charge < -0.3 is 18.9 Å². The lowest BCUT2D eigenvalue weighted by Gasteiger charge is -2.35. The Bertz CT molecular complexity index is 1480. The highest BCUT2D eigenvalue weighted by atomic mass is 32.2. The Kier molecular flexibility index (Phi) is 8.97. The van der Waals surface area contributed by atoms with E-state index in [1.807, 2.05) is 0 Å². The second kappa shape index (κ2) is 12.3. The number of aromatic nitrogens is 2. The minimum Gasteiger partial charge on any atom is -0.474 e. The van der Waals surface area contributed by atoms with Gasteiger partial charge in [-0.1, -0.05) is 0 Å². The number of aldehydes is 1. The lowest BCUT2D eigenvalue weighted by Crippen LogP contribution is -2.47. The SMILES string of the molecule is Cc1c(Oc2ccc(S(C)(=O)=O)cc2F)ncnc1OC1CCN(C(C=O)Oc2ccc(OC(F)(F)F)cc2)CC1. The first-order chi connectivity index (χ1) is 19.3. The van der Waals surface area contributed by atoms with E-state index in [9.17, 15) is 30.8 Å². The highest BCUT2D eigenvalue weighted by molar-refractivity contribution is 7.90. The topological polar surface area (TPSA) is 117 Å². The molecule has 4 rings (SSSR count). The number of alkyl halides is 3. The predicted molar refractivity (Wildman–Crippen MR) is 135 cm³/mol. The maximum atomic E-state index is 14.5. The summed E-state index contributed by atoms with van der Waals surface area (Å²) in [5, 5.41) is 0. The maximum absolute atomic E-state index is 14.5. The summed E-state index contributed by atoms with van der Waals surface area (Å²) in [5.41, 5.74) is 0.397. The van der Waals surface area contributed by atoms with Crippen LogP contribution < -0.4 is 18.9 Å². The van der Waals surface area contributed by atoms with Crippen LogP contribution in [0.25, 0.3) is 0 Å². The smallest absolute Gasteiger partial charge is 0.474 e. The molecule has 0 amide bonds. The lowest BCUT2D eigenvalue weighted by atomic mass is 10.1. The molecule has 1 aliphatic rings. The summed E-state index contributed by atoms with van der Waals surface area (Å²) in [4.78, 5) is 21.4. The van der Waals surface area contributed by atoms with Gasteiger partial charge in [-0.2, -0.15) is 0 Å². The molecule has 41 heavy (non-hydrogen) atoms. The third-order valence-corrected chi connectivity index (χ3v) is 7.19. The molecule has 3 aromatic rings. The van der Waals surface area contributed by atoms with E-state index >= 15 is 0 Å². The molecule has 1 saturated heterocycles. The minimum absolute atomic E-state index is 0.0273. The summed E-state index contributed by atoms with van der Waals surface area (Å²) in [5.74, 6) is -1.07. The molecular formula is C26H25F4N3O7S. The van der Waals surface area contributed by atoms with E-state index in [2.05, 4.69) is 14.7 Å². The minimum atomic E-state index is -4.81. The van der Waals surface area contributed by atoms with Gasteiger partial charge in [0.15, 0.2) is 27.7 Å². The van der Waals surface area contributed by atoms with Gasteiger partial charge in [-0.15, -0.1) is 13.2 Å². The van der Waals surface area contributed by atoms with Crippen molar-refractivity contribution in [1.29, 1.82) is 0 Å². The summed E-state index contributed by atoms with van der Waals surface area (Å²) in [6, 6.07) is 8.01. The third kappa shape index (κ3) is 8.04. The number of likely N-dealkylation sites (tertiary alicyclic amines) is 1. The molecule has 1 atom stereocenters. The highest BCUT2D eigenvalue weighted by Gasteiger charge is 2.31. The molecule has 0 N–H and O–H groups in total. The Morgan fingerprint density at radius 1 is 1.02 bits per heavy atom. The van der Waals surface area contributed by atoms with Gasteiger partial charge in [-0.3, -0.25) is 9.69 Å². The molecule has 1 aromatic heterocycles. The number of sulfone groups is 1. The molecule has 220 valence electrons. The van der Waals surface area contributed by atoms with Crippen LogP contribution in [0.15, 0.2) is 53.7 Å². The molecule has 2 aromatic carbocycles. The number of ether oxygens (including phenoxy) is 4. The zero-order valence-electron chi connectivity index (χ0n) is 21.8. The molecule has 0 aliphatic carbocycles. The Balaban J connectivity index is 1.34. The van der Waals surface area contributed by atoms with E-state index in [4.69, 9.17) is 14.2 Å². The van der Waals surface area contributed by atoms with Gasteiger partial charge >= 0.3 is 6.36 Å². The molecule has 10 nitrogen and oxygen atoms in total. The van der Waals surface area contributed by atoms with E-state index in [-0.39, 0.29) is 34.3 Å². The standard InChI is InChI=1S/C26H25F4N3O7S/c1-16-24(31-15-32-25(16)39-22-8-7-20(13-21(22)27)41(2,35)36)38-18-9-11-33(12-10-18)23(14-34)37-17-3-5-19(6-4-17)40-26(28,29)30/h3-8,13-15,18,23H,9-12H2,1-2H3. The molecule has 0 saturated carbocycles. The van der Waals surface area contributed by atoms with Gasteiger partial charge in [0.05, 0.1) is 10.5 Å². The van der Waals surface area contributed by atoms with Crippen LogP contribution in [0.5, 0.6) is 29.0 Å². The van der Waals surface area contributed by atoms with Crippen molar-refractivity contribution in [3.63, 3.8) is 0 Å². The number of carbonyl (C=O) groups is 1. The number of hydrogen-bond donors (Lipinski definition) is 0. The van der Waals surface area contributed by atoms with Crippen molar-refractivity contribution in [2.24, 2.45) is 0 Å². The quantitative estimate of drug-likeness (QED) is 0.244. The first kappa shape index (κ1) is 30.0. The number of hydrogen-bond acceptors (Lipinski definition) is 10. The van der Waals surface area contributed by atoms with Crippen LogP contribution in [0.4, 0.5) is 17.6 Å². The summed E-state index contributed by atoms with van der Waals surface area (Å²) in [6.07, 6.45) is -2.32. The van der Waals surface area contributed by atoms with Crippen LogP contribution in [0.2, 0.25) is 0 Å². The summed E-state index contributed by atoms with van der Waals surface area (Å²) in [7, 11) is -3.59. The van der Waals surface area contributed by atoms with E-state index in [1.165, 1.54) is 30.6 Å². The molecule has 0 spiro atoms. The molecular weight excluding hydrogens is 574 g/mol. The Morgan fingerprint density at radius 3 is 2.24 bits per heavy atom. The summed E-state index contributed by atoms with van der Waals surface area (Å²) < 4.78 is 95.9. The Labute approximate surface area is 232 Å². The molecule has 0 bridgehead atoms. The fourth-order valence-electron chi connectivity index (χ4n) is 3.99. The fourth-order valence-corrected chi connectivity index (χ4v) is 4.63. The number of carbonyl (C=O) groups excluding carboxylic acids is 1. The largest absolute Gasteiger partial charge is 0.573 e. The van der Waals surface area contributed by atoms with Gasteiger partial charge in [-0.05, 0) is 62.2 Å². The molecule has 0 radical (unpaired) electrons. The first-order valence-electron chi connectivity index (χ1n) is 12.2. The lowest BCUT2D eigenvalue weighted by molar-refractivity contribution is -0.274. The summed E-state index contributed by atoms with van der Waals surface area (Å²) >= 11 is 0. The normalized spacial score (nSPS) is 15.7. The number of benzene rings is 2. The highest BCUT2D eigenvalue weighted by Crippen LogP contribution is 2.32. The second-order valence-corrected chi connectivity index (χ2v) is 11.1. The van der Waals surface area contributed by atoms with Crippen LogP contribution in [0.1, 0.15) is 18.4 Å². The van der Waals surface area contributed by atoms with Gasteiger partial charge in [0.2, 0.25) is 18.0 Å². The molecule has 1 aliphatic heterocycles. The van der Waals surface area contributed by atoms with Crippen LogP contribution in [0.3, 0.4) is 0 Å². The Hall–Kier alpha value is -3.98. The van der Waals surface area contributed by atoms with Crippen molar-refractivity contribution in [3.8, 4) is 29.0 Å². The van der Waals surface area contributed by atoms with E-state index in [1.54, 1.807) is 11.8 Å². The van der Waals surface area contributed by atoms with Crippen LogP contribution in [-0.4, -0.2) is 67.6 Å². The molecule has 1 fully saturated rings. The number of nitrogens with zero attached hydrogens (tertiary/aromatic N) is 3. The van der Waals surface area contributed by atoms with Crippen molar-refractivity contribution in [3.05, 3.63) is 60.2 Å². The van der Waals surface area contributed by atoms with Crippen LogP contribution >= 0.6 is 0 Å². The van der Waals surface area contributed by atoms with Gasteiger partial charge in [-0.25, -0.2) is 22.8 Å². The molecule has 1 unspecified atom stereocenters. The van der Waals surface area contributed by atoms with E-state index in [0.717, 1.165) is 24.5 Å². The zero-order valence-corrected chi connectivity index (χ0v) is 22.6. The van der Waals surface area contributed by atoms with Crippen molar-refractivity contribution in [1.82, 2.24) is 14.9 Å². The molecule has 15 heteroatoms. The number of rotatable bonds is 10. The zero-order chi connectivity index (χ0) is 29.8.